The number of rotatable bonds is 3. The quantitative estimate of drug-likeness (QED) is 0.747. The molecule has 9 heteroatoms. The van der Waals surface area contributed by atoms with Gasteiger partial charge in [0.1, 0.15) is 0 Å². The molecule has 2 aromatic heterocycles. The highest BCUT2D eigenvalue weighted by molar-refractivity contribution is 7.90. The molecule has 0 aliphatic heterocycles. The summed E-state index contributed by atoms with van der Waals surface area (Å²) in [5.74, 6) is 0. The molecule has 3 rings (SSSR count). The first-order valence-electron chi connectivity index (χ1n) is 7.04. The van der Waals surface area contributed by atoms with Gasteiger partial charge < -0.3 is 0 Å². The molecule has 1 N–H and O–H groups in total. The van der Waals surface area contributed by atoms with Crippen molar-refractivity contribution in [2.24, 2.45) is 0 Å². The summed E-state index contributed by atoms with van der Waals surface area (Å²) >= 11 is 5.96. The molecule has 0 fully saturated rings. The van der Waals surface area contributed by atoms with E-state index in [1.807, 2.05) is 0 Å². The largest absolute Gasteiger partial charge is 0.333 e. The topological polar surface area (TPSA) is 102 Å². The number of hydrogen-bond donors (Lipinski definition) is 1. The minimum Gasteiger partial charge on any atom is -0.274 e. The van der Waals surface area contributed by atoms with E-state index < -0.39 is 21.1 Å². The van der Waals surface area contributed by atoms with Gasteiger partial charge in [-0.15, -0.1) is 0 Å². The number of nitrogens with one attached hydrogen (secondary N) is 1. The number of H-pyrrole nitrogens is 1. The Morgan fingerprint density at radius 2 is 1.76 bits per heavy atom. The third-order valence-electron chi connectivity index (χ3n) is 3.45. The van der Waals surface area contributed by atoms with Gasteiger partial charge in [-0.05, 0) is 36.4 Å². The average Bonchev–Trinajstić information content (AvgIpc) is 2.53. The fourth-order valence-corrected chi connectivity index (χ4v) is 3.12. The van der Waals surface area contributed by atoms with Gasteiger partial charge >= 0.3 is 5.69 Å². The summed E-state index contributed by atoms with van der Waals surface area (Å²) in [5.41, 5.74) is -0.293. The maximum absolute atomic E-state index is 12.3. The molecule has 0 spiro atoms. The second kappa shape index (κ2) is 6.30. The molecule has 0 amide bonds. The minimum atomic E-state index is -3.36. The van der Waals surface area contributed by atoms with Crippen molar-refractivity contribution in [3.8, 4) is 17.1 Å². The highest BCUT2D eigenvalue weighted by atomic mass is 35.5. The monoisotopic (exact) mass is 377 g/mol. The van der Waals surface area contributed by atoms with Gasteiger partial charge in [-0.2, -0.15) is 0 Å². The molecule has 0 radical (unpaired) electrons. The first-order chi connectivity index (χ1) is 11.8. The molecule has 7 nitrogen and oxygen atoms in total. The van der Waals surface area contributed by atoms with Gasteiger partial charge in [-0.1, -0.05) is 11.6 Å². The van der Waals surface area contributed by atoms with Gasteiger partial charge in [-0.25, -0.2) is 13.2 Å². The second-order valence-electron chi connectivity index (χ2n) is 5.28. The van der Waals surface area contributed by atoms with Crippen LogP contribution >= 0.6 is 11.6 Å². The third kappa shape index (κ3) is 3.54. The Bertz CT molecular complexity index is 1160. The zero-order valence-electron chi connectivity index (χ0n) is 12.9. The summed E-state index contributed by atoms with van der Waals surface area (Å²) in [6, 6.07) is 10.0. The van der Waals surface area contributed by atoms with Gasteiger partial charge in [0.2, 0.25) is 0 Å². The van der Waals surface area contributed by atoms with Crippen LogP contribution < -0.4 is 11.2 Å². The standard InChI is InChI=1S/C16H12ClN3O4S/c1-25(23,24)12-4-2-11(3-5-12)20-14(9-15(21)19-16(20)22)13-8-10(17)6-7-18-13/h2-9H,1H3,(H,19,21,22). The molecule has 0 aliphatic rings. The van der Waals surface area contributed by atoms with E-state index in [1.54, 1.807) is 6.07 Å². The van der Waals surface area contributed by atoms with Crippen molar-refractivity contribution in [1.82, 2.24) is 14.5 Å². The van der Waals surface area contributed by atoms with Crippen LogP contribution in [-0.4, -0.2) is 29.2 Å². The Labute approximate surface area is 147 Å². The van der Waals surface area contributed by atoms with Crippen LogP contribution in [0.15, 0.2) is 63.1 Å². The van der Waals surface area contributed by atoms with Crippen molar-refractivity contribution in [3.63, 3.8) is 0 Å². The molecular weight excluding hydrogens is 366 g/mol. The Morgan fingerprint density at radius 1 is 1.08 bits per heavy atom. The molecule has 1 aromatic carbocycles. The number of aromatic nitrogens is 3. The lowest BCUT2D eigenvalue weighted by Gasteiger charge is -2.12. The number of halogens is 1. The lowest BCUT2D eigenvalue weighted by atomic mass is 10.2. The van der Waals surface area contributed by atoms with Crippen LogP contribution in [0.3, 0.4) is 0 Å². The van der Waals surface area contributed by atoms with E-state index in [-0.39, 0.29) is 10.6 Å². The predicted molar refractivity (Wildman–Crippen MR) is 94.0 cm³/mol. The summed E-state index contributed by atoms with van der Waals surface area (Å²) in [5, 5.41) is 0.400. The van der Waals surface area contributed by atoms with E-state index in [2.05, 4.69) is 9.97 Å². The lowest BCUT2D eigenvalue weighted by molar-refractivity contribution is 0.602. The van der Waals surface area contributed by atoms with Crippen molar-refractivity contribution in [2.75, 3.05) is 6.26 Å². The van der Waals surface area contributed by atoms with Crippen molar-refractivity contribution in [1.29, 1.82) is 0 Å². The fraction of sp³-hybridized carbons (Fsp3) is 0.0625. The molecule has 0 saturated heterocycles. The number of sulfone groups is 1. The highest BCUT2D eigenvalue weighted by Gasteiger charge is 2.13. The number of hydrogen-bond acceptors (Lipinski definition) is 5. The van der Waals surface area contributed by atoms with Crippen LogP contribution in [0.4, 0.5) is 0 Å². The Balaban J connectivity index is 2.26. The van der Waals surface area contributed by atoms with Crippen LogP contribution in [0.25, 0.3) is 17.1 Å². The average molecular weight is 378 g/mol. The normalized spacial score (nSPS) is 11.4. The minimum absolute atomic E-state index is 0.121. The van der Waals surface area contributed by atoms with Gasteiger partial charge in [0, 0.05) is 23.5 Å². The molecular formula is C16H12ClN3O4S. The van der Waals surface area contributed by atoms with Crippen LogP contribution in [0.5, 0.6) is 0 Å². The molecule has 0 unspecified atom stereocenters. The van der Waals surface area contributed by atoms with Gasteiger partial charge in [0.15, 0.2) is 9.84 Å². The zero-order chi connectivity index (χ0) is 18.2. The fourth-order valence-electron chi connectivity index (χ4n) is 2.33. The highest BCUT2D eigenvalue weighted by Crippen LogP contribution is 2.21. The van der Waals surface area contributed by atoms with Crippen LogP contribution in [0, 0.1) is 0 Å². The maximum Gasteiger partial charge on any atom is 0.333 e. The van der Waals surface area contributed by atoms with E-state index in [1.165, 1.54) is 47.2 Å². The molecule has 0 atom stereocenters. The Hall–Kier alpha value is -2.71. The van der Waals surface area contributed by atoms with Crippen molar-refractivity contribution in [2.45, 2.75) is 4.90 Å². The third-order valence-corrected chi connectivity index (χ3v) is 4.81. The van der Waals surface area contributed by atoms with Crippen molar-refractivity contribution in [3.05, 3.63) is 74.5 Å². The van der Waals surface area contributed by atoms with E-state index in [4.69, 9.17) is 11.6 Å². The van der Waals surface area contributed by atoms with Crippen LogP contribution in [-0.2, 0) is 9.84 Å². The molecule has 0 aliphatic carbocycles. The van der Waals surface area contributed by atoms with Crippen LogP contribution in [0.1, 0.15) is 0 Å². The predicted octanol–water partition coefficient (Wildman–Crippen LogP) is 1.64. The van der Waals surface area contributed by atoms with E-state index in [0.29, 0.717) is 16.4 Å². The van der Waals surface area contributed by atoms with Crippen molar-refractivity contribution < 1.29 is 8.42 Å². The van der Waals surface area contributed by atoms with Crippen LogP contribution in [0.2, 0.25) is 5.02 Å². The first kappa shape index (κ1) is 17.1. The summed E-state index contributed by atoms with van der Waals surface area (Å²) in [6.45, 7) is 0. The number of benzene rings is 1. The number of pyridine rings is 1. The van der Waals surface area contributed by atoms with E-state index in [9.17, 15) is 18.0 Å². The molecule has 0 bridgehead atoms. The van der Waals surface area contributed by atoms with Gasteiger partial charge in [-0.3, -0.25) is 19.3 Å². The summed E-state index contributed by atoms with van der Waals surface area (Å²) < 4.78 is 24.4. The van der Waals surface area contributed by atoms with Crippen molar-refractivity contribution >= 4 is 21.4 Å². The first-order valence-corrected chi connectivity index (χ1v) is 9.31. The van der Waals surface area contributed by atoms with Gasteiger partial charge in [0.25, 0.3) is 5.56 Å². The molecule has 3 aromatic rings. The second-order valence-corrected chi connectivity index (χ2v) is 7.74. The zero-order valence-corrected chi connectivity index (χ0v) is 14.5. The Morgan fingerprint density at radius 3 is 2.36 bits per heavy atom. The number of aromatic amines is 1. The van der Waals surface area contributed by atoms with E-state index in [0.717, 1.165) is 6.26 Å². The van der Waals surface area contributed by atoms with Gasteiger partial charge in [0.05, 0.1) is 22.0 Å². The molecule has 25 heavy (non-hydrogen) atoms. The number of nitrogens with zero attached hydrogens (tertiary/aromatic N) is 2. The van der Waals surface area contributed by atoms with E-state index >= 15 is 0 Å². The SMILES string of the molecule is CS(=O)(=O)c1ccc(-n2c(-c3cc(Cl)ccn3)cc(=O)[nH]c2=O)cc1. The molecule has 2 heterocycles. The smallest absolute Gasteiger partial charge is 0.274 e. The Kier molecular flexibility index (Phi) is 4.32. The molecule has 0 saturated carbocycles. The maximum atomic E-state index is 12.3. The summed E-state index contributed by atoms with van der Waals surface area (Å²) in [4.78, 5) is 30.5. The summed E-state index contributed by atoms with van der Waals surface area (Å²) in [6.07, 6.45) is 2.55. The molecule has 128 valence electrons. The lowest BCUT2D eigenvalue weighted by Crippen LogP contribution is -2.29. The summed E-state index contributed by atoms with van der Waals surface area (Å²) in [7, 11) is -3.36.